The first kappa shape index (κ1) is 15.7. The Morgan fingerprint density at radius 1 is 1.09 bits per heavy atom. The van der Waals surface area contributed by atoms with Gasteiger partial charge in [0.05, 0.1) is 6.54 Å². The molecule has 22 heavy (non-hydrogen) atoms. The van der Waals surface area contributed by atoms with Gasteiger partial charge < -0.3 is 10.1 Å². The first-order valence-electron chi connectivity index (χ1n) is 7.16. The van der Waals surface area contributed by atoms with Crippen LogP contribution in [0.3, 0.4) is 0 Å². The van der Waals surface area contributed by atoms with Crippen LogP contribution in [-0.2, 0) is 11.3 Å². The molecule has 2 aromatic rings. The van der Waals surface area contributed by atoms with Gasteiger partial charge in [-0.2, -0.15) is 0 Å². The first-order valence-corrected chi connectivity index (χ1v) is 7.16. The number of alkyl carbamates (subject to hydrolysis) is 1. The summed E-state index contributed by atoms with van der Waals surface area (Å²) in [5.41, 5.74) is 4.36. The molecule has 0 bridgehead atoms. The quantitative estimate of drug-likeness (QED) is 0.878. The van der Waals surface area contributed by atoms with Crippen LogP contribution >= 0.6 is 0 Å². The minimum atomic E-state index is -0.460. The van der Waals surface area contributed by atoms with Crippen LogP contribution in [0, 0.1) is 25.7 Å². The molecule has 1 N–H and O–H groups in total. The van der Waals surface area contributed by atoms with Gasteiger partial charge in [-0.05, 0) is 42.7 Å². The lowest BCUT2D eigenvalue weighted by Crippen LogP contribution is -2.24. The summed E-state index contributed by atoms with van der Waals surface area (Å²) < 4.78 is 5.10. The van der Waals surface area contributed by atoms with Crippen LogP contribution in [-0.4, -0.2) is 12.6 Å². The van der Waals surface area contributed by atoms with Gasteiger partial charge in [-0.25, -0.2) is 4.79 Å². The van der Waals surface area contributed by atoms with Crippen LogP contribution in [0.25, 0.3) is 0 Å². The standard InChI is InChI=1S/C19H19NO2/c1-15-10-11-17(13-16(15)2)9-6-12-20-19(21)22-14-18-7-4-3-5-8-18/h3-5,7-8,10-11,13H,12,14H2,1-2H3,(H,20,21). The van der Waals surface area contributed by atoms with E-state index < -0.39 is 6.09 Å². The highest BCUT2D eigenvalue weighted by Crippen LogP contribution is 2.08. The highest BCUT2D eigenvalue weighted by atomic mass is 16.5. The lowest BCUT2D eigenvalue weighted by molar-refractivity contribution is 0.141. The lowest BCUT2D eigenvalue weighted by atomic mass is 10.1. The van der Waals surface area contributed by atoms with Gasteiger partial charge in [-0.1, -0.05) is 48.2 Å². The van der Waals surface area contributed by atoms with E-state index in [0.717, 1.165) is 11.1 Å². The van der Waals surface area contributed by atoms with Crippen molar-refractivity contribution in [3.05, 3.63) is 70.8 Å². The van der Waals surface area contributed by atoms with Crippen molar-refractivity contribution < 1.29 is 9.53 Å². The van der Waals surface area contributed by atoms with Gasteiger partial charge in [0, 0.05) is 5.56 Å². The van der Waals surface area contributed by atoms with E-state index in [1.165, 1.54) is 11.1 Å². The third-order valence-corrected chi connectivity index (χ3v) is 3.27. The Morgan fingerprint density at radius 2 is 1.86 bits per heavy atom. The molecule has 112 valence electrons. The Hall–Kier alpha value is -2.73. The molecule has 0 fully saturated rings. The highest BCUT2D eigenvalue weighted by molar-refractivity contribution is 5.67. The minimum Gasteiger partial charge on any atom is -0.445 e. The third-order valence-electron chi connectivity index (χ3n) is 3.27. The second kappa shape index (κ2) is 7.90. The molecule has 1 amide bonds. The minimum absolute atomic E-state index is 0.261. The average molecular weight is 293 g/mol. The van der Waals surface area contributed by atoms with Crippen LogP contribution in [0.2, 0.25) is 0 Å². The van der Waals surface area contributed by atoms with Crippen LogP contribution in [0.5, 0.6) is 0 Å². The fraction of sp³-hybridized carbons (Fsp3) is 0.211. The second-order valence-corrected chi connectivity index (χ2v) is 5.02. The van der Waals surface area contributed by atoms with Gasteiger partial charge in [-0.3, -0.25) is 0 Å². The highest BCUT2D eigenvalue weighted by Gasteiger charge is 2.00. The molecule has 0 radical (unpaired) electrons. The van der Waals surface area contributed by atoms with E-state index in [-0.39, 0.29) is 13.2 Å². The summed E-state index contributed by atoms with van der Waals surface area (Å²) in [5.74, 6) is 5.94. The van der Waals surface area contributed by atoms with Crippen LogP contribution in [0.1, 0.15) is 22.3 Å². The molecule has 3 heteroatoms. The molecule has 2 aromatic carbocycles. The fourth-order valence-corrected chi connectivity index (χ4v) is 1.86. The van der Waals surface area contributed by atoms with Crippen molar-refractivity contribution in [3.8, 4) is 11.8 Å². The molecule has 0 unspecified atom stereocenters. The molecule has 0 spiro atoms. The summed E-state index contributed by atoms with van der Waals surface area (Å²) in [6.07, 6.45) is -0.460. The molecule has 0 atom stereocenters. The predicted octanol–water partition coefficient (Wildman–Crippen LogP) is 3.58. The van der Waals surface area contributed by atoms with Crippen LogP contribution in [0.4, 0.5) is 4.79 Å². The molecule has 0 aliphatic heterocycles. The first-order chi connectivity index (χ1) is 10.6. The molecule has 0 saturated heterocycles. The van der Waals surface area contributed by atoms with E-state index in [4.69, 9.17) is 4.74 Å². The number of rotatable bonds is 3. The maximum atomic E-state index is 11.5. The molecule has 0 saturated carbocycles. The summed E-state index contributed by atoms with van der Waals surface area (Å²) in [6, 6.07) is 15.6. The predicted molar refractivity (Wildman–Crippen MR) is 87.4 cm³/mol. The van der Waals surface area contributed by atoms with Crippen LogP contribution in [0.15, 0.2) is 48.5 Å². The zero-order valence-electron chi connectivity index (χ0n) is 12.8. The van der Waals surface area contributed by atoms with Gasteiger partial charge in [0.2, 0.25) is 0 Å². The molecular formula is C19H19NO2. The summed E-state index contributed by atoms with van der Waals surface area (Å²) in [5, 5.41) is 2.61. The number of aryl methyl sites for hydroxylation is 2. The molecule has 0 aromatic heterocycles. The van der Waals surface area contributed by atoms with Crippen LogP contribution < -0.4 is 5.32 Å². The van der Waals surface area contributed by atoms with E-state index >= 15 is 0 Å². The van der Waals surface area contributed by atoms with Gasteiger partial charge in [0.25, 0.3) is 0 Å². The number of amides is 1. The number of carbonyl (C=O) groups excluding carboxylic acids is 1. The topological polar surface area (TPSA) is 38.3 Å². The number of ether oxygens (including phenoxy) is 1. The molecule has 0 aliphatic rings. The SMILES string of the molecule is Cc1ccc(C#CCNC(=O)OCc2ccccc2)cc1C. The van der Waals surface area contributed by atoms with E-state index in [1.54, 1.807) is 0 Å². The molecule has 0 heterocycles. The lowest BCUT2D eigenvalue weighted by Gasteiger charge is -2.04. The summed E-state index contributed by atoms with van der Waals surface area (Å²) >= 11 is 0. The van der Waals surface area contributed by atoms with Gasteiger partial charge in [0.1, 0.15) is 6.61 Å². The number of nitrogens with one attached hydrogen (secondary N) is 1. The molecule has 3 nitrogen and oxygen atoms in total. The van der Waals surface area contributed by atoms with Crippen molar-refractivity contribution >= 4 is 6.09 Å². The Balaban J connectivity index is 1.75. The van der Waals surface area contributed by atoms with Crippen molar-refractivity contribution in [3.63, 3.8) is 0 Å². The Kier molecular flexibility index (Phi) is 5.62. The average Bonchev–Trinajstić information content (AvgIpc) is 2.54. The monoisotopic (exact) mass is 293 g/mol. The zero-order valence-corrected chi connectivity index (χ0v) is 12.8. The van der Waals surface area contributed by atoms with E-state index in [0.29, 0.717) is 0 Å². The van der Waals surface area contributed by atoms with Crippen molar-refractivity contribution in [1.29, 1.82) is 0 Å². The largest absolute Gasteiger partial charge is 0.445 e. The smallest absolute Gasteiger partial charge is 0.408 e. The van der Waals surface area contributed by atoms with Crippen molar-refractivity contribution in [2.75, 3.05) is 6.54 Å². The zero-order chi connectivity index (χ0) is 15.8. The number of carbonyl (C=O) groups is 1. The number of benzene rings is 2. The molecule has 0 aliphatic carbocycles. The summed E-state index contributed by atoms with van der Waals surface area (Å²) in [4.78, 5) is 11.5. The Bertz CT molecular complexity index is 696. The van der Waals surface area contributed by atoms with E-state index in [2.05, 4.69) is 31.0 Å². The maximum Gasteiger partial charge on any atom is 0.408 e. The Morgan fingerprint density at radius 3 is 2.59 bits per heavy atom. The van der Waals surface area contributed by atoms with Gasteiger partial charge in [-0.15, -0.1) is 0 Å². The summed E-state index contributed by atoms with van der Waals surface area (Å²) in [7, 11) is 0. The maximum absolute atomic E-state index is 11.5. The number of hydrogen-bond acceptors (Lipinski definition) is 2. The van der Waals surface area contributed by atoms with E-state index in [9.17, 15) is 4.79 Å². The second-order valence-electron chi connectivity index (χ2n) is 5.02. The number of hydrogen-bond donors (Lipinski definition) is 1. The molecule has 2 rings (SSSR count). The van der Waals surface area contributed by atoms with Crippen molar-refractivity contribution in [1.82, 2.24) is 5.32 Å². The fourth-order valence-electron chi connectivity index (χ4n) is 1.86. The van der Waals surface area contributed by atoms with Crippen molar-refractivity contribution in [2.24, 2.45) is 0 Å². The summed E-state index contributed by atoms with van der Waals surface area (Å²) in [6.45, 7) is 4.65. The van der Waals surface area contributed by atoms with Gasteiger partial charge in [0.15, 0.2) is 0 Å². The molecular weight excluding hydrogens is 274 g/mol. The van der Waals surface area contributed by atoms with Gasteiger partial charge >= 0.3 is 6.09 Å². The normalized spacial score (nSPS) is 9.55. The van der Waals surface area contributed by atoms with Crippen molar-refractivity contribution in [2.45, 2.75) is 20.5 Å². The third kappa shape index (κ3) is 4.99. The Labute approximate surface area is 131 Å². The van der Waals surface area contributed by atoms with E-state index in [1.807, 2.05) is 48.5 Å².